The van der Waals surface area contributed by atoms with Gasteiger partial charge >= 0.3 is 6.09 Å². The van der Waals surface area contributed by atoms with Crippen molar-refractivity contribution < 1.29 is 28.5 Å². The van der Waals surface area contributed by atoms with E-state index >= 15 is 0 Å². The molecule has 2 amide bonds. The summed E-state index contributed by atoms with van der Waals surface area (Å²) in [5, 5.41) is 14.3. The van der Waals surface area contributed by atoms with Gasteiger partial charge in [-0.3, -0.25) is 10.1 Å². The lowest BCUT2D eigenvalue weighted by molar-refractivity contribution is -0.116. The number of amides is 2. The average molecular weight is 427 g/mol. The number of hydrogen-bond donors (Lipinski definition) is 2. The van der Waals surface area contributed by atoms with Crippen molar-refractivity contribution in [2.24, 2.45) is 0 Å². The van der Waals surface area contributed by atoms with Crippen LogP contribution in [0.5, 0.6) is 11.5 Å². The van der Waals surface area contributed by atoms with Gasteiger partial charge in [0.05, 0.1) is 32.0 Å². The highest BCUT2D eigenvalue weighted by Gasteiger charge is 2.08. The number of benzene rings is 2. The molecule has 2 rings (SSSR count). The predicted molar refractivity (Wildman–Crippen MR) is 114 cm³/mol. The third-order valence-electron chi connectivity index (χ3n) is 4.01. The maximum atomic E-state index is 12.2. The monoisotopic (exact) mass is 427 g/mol. The van der Waals surface area contributed by atoms with Crippen LogP contribution in [-0.2, 0) is 14.3 Å². The fourth-order valence-electron chi connectivity index (χ4n) is 2.54. The molecule has 0 aliphatic rings. The minimum Gasteiger partial charge on any atom is -0.493 e. The Kier molecular flexibility index (Phi) is 9.65. The van der Waals surface area contributed by atoms with Crippen LogP contribution in [0.15, 0.2) is 42.5 Å². The molecule has 2 aromatic rings. The van der Waals surface area contributed by atoms with Crippen LogP contribution < -0.4 is 20.1 Å². The van der Waals surface area contributed by atoms with Crippen LogP contribution >= 0.6 is 0 Å². The number of nitrogens with one attached hydrogen (secondary N) is 2. The highest BCUT2D eigenvalue weighted by Crippen LogP contribution is 2.28. The molecule has 0 aliphatic carbocycles. The molecule has 31 heavy (non-hydrogen) atoms. The quantitative estimate of drug-likeness (QED) is 0.526. The molecule has 0 heterocycles. The maximum absolute atomic E-state index is 12.2. The van der Waals surface area contributed by atoms with E-state index in [-0.39, 0.29) is 18.9 Å². The van der Waals surface area contributed by atoms with Crippen molar-refractivity contribution >= 4 is 23.4 Å². The van der Waals surface area contributed by atoms with Crippen LogP contribution in [0.4, 0.5) is 16.2 Å². The molecule has 9 heteroatoms. The smallest absolute Gasteiger partial charge is 0.411 e. The molecule has 0 aromatic heterocycles. The van der Waals surface area contributed by atoms with E-state index in [1.807, 2.05) is 6.07 Å². The minimum absolute atomic E-state index is 0.148. The van der Waals surface area contributed by atoms with Crippen molar-refractivity contribution in [3.8, 4) is 17.6 Å². The first-order valence-corrected chi connectivity index (χ1v) is 9.59. The molecule has 0 spiro atoms. The molecule has 164 valence electrons. The van der Waals surface area contributed by atoms with Crippen molar-refractivity contribution in [3.05, 3.63) is 48.0 Å². The van der Waals surface area contributed by atoms with E-state index in [1.165, 1.54) is 14.2 Å². The zero-order chi connectivity index (χ0) is 22.5. The Morgan fingerprint density at radius 2 is 1.74 bits per heavy atom. The molecule has 9 nitrogen and oxygen atoms in total. The number of carbonyl (C=O) groups is 2. The van der Waals surface area contributed by atoms with Crippen molar-refractivity contribution in [1.29, 1.82) is 5.26 Å². The van der Waals surface area contributed by atoms with Gasteiger partial charge in [-0.2, -0.15) is 5.26 Å². The van der Waals surface area contributed by atoms with Crippen LogP contribution in [0.2, 0.25) is 0 Å². The van der Waals surface area contributed by atoms with Crippen LogP contribution in [0.3, 0.4) is 0 Å². The summed E-state index contributed by atoms with van der Waals surface area (Å²) in [7, 11) is 3.02. The number of anilines is 2. The Hall–Kier alpha value is -3.77. The SMILES string of the molecule is COCCOC(=O)Nc1cccc(NC(=O)CCCOc2ccc(C#N)cc2OC)c1. The van der Waals surface area contributed by atoms with E-state index in [9.17, 15) is 9.59 Å². The van der Waals surface area contributed by atoms with E-state index in [0.717, 1.165) is 0 Å². The maximum Gasteiger partial charge on any atom is 0.411 e. The first-order valence-electron chi connectivity index (χ1n) is 9.59. The largest absolute Gasteiger partial charge is 0.493 e. The van der Waals surface area contributed by atoms with Gasteiger partial charge in [-0.05, 0) is 36.8 Å². The zero-order valence-electron chi connectivity index (χ0n) is 17.5. The molecule has 2 aromatic carbocycles. The Labute approximate surface area is 180 Å². The summed E-state index contributed by atoms with van der Waals surface area (Å²) in [5.41, 5.74) is 1.52. The van der Waals surface area contributed by atoms with Gasteiger partial charge in [-0.15, -0.1) is 0 Å². The fourth-order valence-corrected chi connectivity index (χ4v) is 2.54. The molecular formula is C22H25N3O6. The van der Waals surface area contributed by atoms with E-state index in [4.69, 9.17) is 24.2 Å². The summed E-state index contributed by atoms with van der Waals surface area (Å²) in [6.45, 7) is 0.769. The molecule has 0 saturated heterocycles. The first-order chi connectivity index (χ1) is 15.0. The van der Waals surface area contributed by atoms with Crippen molar-refractivity contribution in [2.45, 2.75) is 12.8 Å². The Bertz CT molecular complexity index is 926. The second kappa shape index (κ2) is 12.7. The van der Waals surface area contributed by atoms with Crippen LogP contribution in [0, 0.1) is 11.3 Å². The molecule has 0 unspecified atom stereocenters. The molecule has 0 radical (unpaired) electrons. The van der Waals surface area contributed by atoms with E-state index in [0.29, 0.717) is 48.1 Å². The average Bonchev–Trinajstić information content (AvgIpc) is 2.77. The zero-order valence-corrected chi connectivity index (χ0v) is 17.5. The fraction of sp³-hybridized carbons (Fsp3) is 0.318. The topological polar surface area (TPSA) is 119 Å². The molecular weight excluding hydrogens is 402 g/mol. The van der Waals surface area contributed by atoms with Crippen LogP contribution in [0.1, 0.15) is 18.4 Å². The van der Waals surface area contributed by atoms with E-state index in [1.54, 1.807) is 42.5 Å². The number of hydrogen-bond acceptors (Lipinski definition) is 7. The summed E-state index contributed by atoms with van der Waals surface area (Å²) in [6.07, 6.45) is 0.129. The van der Waals surface area contributed by atoms with Crippen molar-refractivity contribution in [3.63, 3.8) is 0 Å². The Morgan fingerprint density at radius 3 is 2.45 bits per heavy atom. The second-order valence-corrected chi connectivity index (χ2v) is 6.31. The number of carbonyl (C=O) groups excluding carboxylic acids is 2. The third kappa shape index (κ3) is 8.24. The minimum atomic E-state index is -0.601. The molecule has 0 saturated carbocycles. The summed E-state index contributed by atoms with van der Waals surface area (Å²) in [6, 6.07) is 13.7. The van der Waals surface area contributed by atoms with Gasteiger partial charge < -0.3 is 24.3 Å². The lowest BCUT2D eigenvalue weighted by atomic mass is 10.2. The van der Waals surface area contributed by atoms with Gasteiger partial charge in [0.2, 0.25) is 5.91 Å². The van der Waals surface area contributed by atoms with Gasteiger partial charge in [0.1, 0.15) is 6.61 Å². The highest BCUT2D eigenvalue weighted by molar-refractivity contribution is 5.92. The highest BCUT2D eigenvalue weighted by atomic mass is 16.6. The van der Waals surface area contributed by atoms with Crippen LogP contribution in [-0.4, -0.2) is 46.0 Å². The number of nitriles is 1. The van der Waals surface area contributed by atoms with Gasteiger partial charge in [-0.1, -0.05) is 6.07 Å². The molecule has 0 aliphatic heterocycles. The number of nitrogens with zero attached hydrogens (tertiary/aromatic N) is 1. The lowest BCUT2D eigenvalue weighted by Crippen LogP contribution is -2.17. The van der Waals surface area contributed by atoms with Gasteiger partial charge in [0, 0.05) is 31.0 Å². The molecule has 0 bridgehead atoms. The molecule has 0 fully saturated rings. The van der Waals surface area contributed by atoms with E-state index in [2.05, 4.69) is 10.6 Å². The summed E-state index contributed by atoms with van der Waals surface area (Å²) in [5.74, 6) is 0.793. The normalized spacial score (nSPS) is 9.97. The predicted octanol–water partition coefficient (Wildman–Crippen LogP) is 3.56. The van der Waals surface area contributed by atoms with Gasteiger partial charge in [0.25, 0.3) is 0 Å². The lowest BCUT2D eigenvalue weighted by Gasteiger charge is -2.11. The summed E-state index contributed by atoms with van der Waals surface area (Å²) < 4.78 is 20.6. The van der Waals surface area contributed by atoms with E-state index < -0.39 is 6.09 Å². The van der Waals surface area contributed by atoms with Gasteiger partial charge in [0.15, 0.2) is 11.5 Å². The third-order valence-corrected chi connectivity index (χ3v) is 4.01. The molecule has 0 atom stereocenters. The number of rotatable bonds is 11. The number of methoxy groups -OCH3 is 2. The van der Waals surface area contributed by atoms with Crippen molar-refractivity contribution in [2.75, 3.05) is 44.7 Å². The first kappa shape index (κ1) is 23.5. The van der Waals surface area contributed by atoms with Gasteiger partial charge in [-0.25, -0.2) is 4.79 Å². The Balaban J connectivity index is 1.76. The summed E-state index contributed by atoms with van der Waals surface area (Å²) >= 11 is 0. The Morgan fingerprint density at radius 1 is 0.968 bits per heavy atom. The molecule has 2 N–H and O–H groups in total. The number of ether oxygens (including phenoxy) is 4. The van der Waals surface area contributed by atoms with Crippen LogP contribution in [0.25, 0.3) is 0 Å². The standard InChI is InChI=1S/C22H25N3O6/c1-28-11-12-31-22(27)25-18-6-3-5-17(14-18)24-21(26)7-4-10-30-19-9-8-16(15-23)13-20(19)29-2/h3,5-6,8-9,13-14H,4,7,10-12H2,1-2H3,(H,24,26)(H,25,27). The second-order valence-electron chi connectivity index (χ2n) is 6.31. The summed E-state index contributed by atoms with van der Waals surface area (Å²) in [4.78, 5) is 23.9. The van der Waals surface area contributed by atoms with Crippen molar-refractivity contribution in [1.82, 2.24) is 0 Å².